The maximum atomic E-state index is 9.12. The standard InChI is InChI=1S/C15H16N4O2S/c20-9-13-17-18-15(22-13)19-7-3-4-10(8-19)14-16-11-5-1-2-6-12(11)21-14/h1-2,5-6,10,20H,3-4,7-9H2. The summed E-state index contributed by atoms with van der Waals surface area (Å²) in [6.45, 7) is 1.73. The number of aromatic nitrogens is 3. The number of oxazole rings is 1. The van der Waals surface area contributed by atoms with Crippen LogP contribution in [-0.4, -0.2) is 33.4 Å². The summed E-state index contributed by atoms with van der Waals surface area (Å²) >= 11 is 1.44. The molecule has 7 heteroatoms. The van der Waals surface area contributed by atoms with Crippen molar-refractivity contribution in [3.8, 4) is 0 Å². The smallest absolute Gasteiger partial charge is 0.208 e. The van der Waals surface area contributed by atoms with E-state index < -0.39 is 0 Å². The molecular formula is C15H16N4O2S. The van der Waals surface area contributed by atoms with Crippen LogP contribution in [0.4, 0.5) is 5.13 Å². The highest BCUT2D eigenvalue weighted by atomic mass is 32.1. The van der Waals surface area contributed by atoms with Crippen molar-refractivity contribution in [2.24, 2.45) is 0 Å². The minimum absolute atomic E-state index is 0.0555. The van der Waals surface area contributed by atoms with Gasteiger partial charge in [0.05, 0.1) is 12.5 Å². The Morgan fingerprint density at radius 1 is 1.32 bits per heavy atom. The Morgan fingerprint density at radius 2 is 2.23 bits per heavy atom. The van der Waals surface area contributed by atoms with Gasteiger partial charge in [-0.1, -0.05) is 23.5 Å². The van der Waals surface area contributed by atoms with Crippen LogP contribution in [0.1, 0.15) is 29.7 Å². The monoisotopic (exact) mass is 316 g/mol. The van der Waals surface area contributed by atoms with E-state index in [-0.39, 0.29) is 12.5 Å². The predicted molar refractivity (Wildman–Crippen MR) is 84.0 cm³/mol. The molecule has 4 rings (SSSR count). The van der Waals surface area contributed by atoms with Gasteiger partial charge in [-0.15, -0.1) is 10.2 Å². The van der Waals surface area contributed by atoms with Crippen molar-refractivity contribution >= 4 is 27.6 Å². The molecule has 0 saturated carbocycles. The highest BCUT2D eigenvalue weighted by Crippen LogP contribution is 2.32. The van der Waals surface area contributed by atoms with Crippen molar-refractivity contribution in [2.75, 3.05) is 18.0 Å². The van der Waals surface area contributed by atoms with E-state index in [1.807, 2.05) is 24.3 Å². The fourth-order valence-electron chi connectivity index (χ4n) is 2.85. The van der Waals surface area contributed by atoms with Gasteiger partial charge in [0.15, 0.2) is 11.5 Å². The lowest BCUT2D eigenvalue weighted by molar-refractivity contribution is 0.280. The molecule has 0 amide bonds. The first kappa shape index (κ1) is 13.7. The molecule has 1 atom stereocenters. The van der Waals surface area contributed by atoms with Crippen molar-refractivity contribution in [3.63, 3.8) is 0 Å². The summed E-state index contributed by atoms with van der Waals surface area (Å²) in [4.78, 5) is 6.83. The van der Waals surface area contributed by atoms with Crippen LogP contribution in [0.2, 0.25) is 0 Å². The third-order valence-electron chi connectivity index (χ3n) is 3.94. The van der Waals surface area contributed by atoms with E-state index in [0.717, 1.165) is 48.1 Å². The summed E-state index contributed by atoms with van der Waals surface area (Å²) in [5.41, 5.74) is 1.75. The van der Waals surface area contributed by atoms with E-state index >= 15 is 0 Å². The van der Waals surface area contributed by atoms with Crippen molar-refractivity contribution in [2.45, 2.75) is 25.4 Å². The molecule has 3 aromatic rings. The summed E-state index contributed by atoms with van der Waals surface area (Å²) in [6.07, 6.45) is 2.13. The Balaban J connectivity index is 1.57. The van der Waals surface area contributed by atoms with Crippen LogP contribution in [0, 0.1) is 0 Å². The molecule has 2 aromatic heterocycles. The van der Waals surface area contributed by atoms with Crippen LogP contribution in [0.5, 0.6) is 0 Å². The summed E-state index contributed by atoms with van der Waals surface area (Å²) in [7, 11) is 0. The van der Waals surface area contributed by atoms with Gasteiger partial charge < -0.3 is 14.4 Å². The SMILES string of the molecule is OCc1nnc(N2CCCC(c3nc4ccccc4o3)C2)s1. The number of para-hydroxylation sites is 2. The molecule has 0 radical (unpaired) electrons. The molecule has 0 spiro atoms. The molecule has 1 aliphatic rings. The van der Waals surface area contributed by atoms with Gasteiger partial charge in [0.1, 0.15) is 10.5 Å². The van der Waals surface area contributed by atoms with E-state index in [1.165, 1.54) is 11.3 Å². The number of hydrogen-bond acceptors (Lipinski definition) is 7. The summed E-state index contributed by atoms with van der Waals surface area (Å²) in [5.74, 6) is 1.07. The molecule has 1 aromatic carbocycles. The van der Waals surface area contributed by atoms with E-state index in [9.17, 15) is 0 Å². The number of aliphatic hydroxyl groups is 1. The van der Waals surface area contributed by atoms with Crippen molar-refractivity contribution in [1.29, 1.82) is 0 Å². The molecule has 22 heavy (non-hydrogen) atoms. The zero-order chi connectivity index (χ0) is 14.9. The zero-order valence-electron chi connectivity index (χ0n) is 12.0. The maximum Gasteiger partial charge on any atom is 0.208 e. The summed E-state index contributed by atoms with van der Waals surface area (Å²) < 4.78 is 5.91. The lowest BCUT2D eigenvalue weighted by Crippen LogP contribution is -2.34. The molecule has 1 saturated heterocycles. The highest BCUT2D eigenvalue weighted by molar-refractivity contribution is 7.15. The molecule has 0 bridgehead atoms. The maximum absolute atomic E-state index is 9.12. The number of piperidine rings is 1. The van der Waals surface area contributed by atoms with Gasteiger partial charge in [-0.2, -0.15) is 0 Å². The average Bonchev–Trinajstić information content (AvgIpc) is 3.21. The van der Waals surface area contributed by atoms with Crippen LogP contribution < -0.4 is 4.90 Å². The van der Waals surface area contributed by atoms with Crippen molar-refractivity contribution in [3.05, 3.63) is 35.2 Å². The quantitative estimate of drug-likeness (QED) is 0.800. The number of aliphatic hydroxyl groups excluding tert-OH is 1. The van der Waals surface area contributed by atoms with Crippen LogP contribution in [0.15, 0.2) is 28.7 Å². The number of anilines is 1. The first-order valence-corrected chi connectivity index (χ1v) is 8.19. The molecule has 1 N–H and O–H groups in total. The number of nitrogens with zero attached hydrogens (tertiary/aromatic N) is 4. The van der Waals surface area contributed by atoms with Crippen molar-refractivity contribution < 1.29 is 9.52 Å². The highest BCUT2D eigenvalue weighted by Gasteiger charge is 2.27. The molecule has 1 fully saturated rings. The Labute approximate surface area is 131 Å². The summed E-state index contributed by atoms with van der Waals surface area (Å²) in [6, 6.07) is 7.85. The molecule has 114 valence electrons. The van der Waals surface area contributed by atoms with E-state index in [0.29, 0.717) is 5.01 Å². The second-order valence-corrected chi connectivity index (χ2v) is 6.48. The van der Waals surface area contributed by atoms with Crippen LogP contribution in [-0.2, 0) is 6.61 Å². The van der Waals surface area contributed by atoms with E-state index in [1.54, 1.807) is 0 Å². The Morgan fingerprint density at radius 3 is 3.05 bits per heavy atom. The second kappa shape index (κ2) is 5.66. The molecule has 1 unspecified atom stereocenters. The second-order valence-electron chi connectivity index (χ2n) is 5.44. The Bertz CT molecular complexity index is 752. The van der Waals surface area contributed by atoms with Gasteiger partial charge in [0, 0.05) is 13.1 Å². The minimum Gasteiger partial charge on any atom is -0.440 e. The van der Waals surface area contributed by atoms with E-state index in [2.05, 4.69) is 20.1 Å². The average molecular weight is 316 g/mol. The molecule has 3 heterocycles. The lowest BCUT2D eigenvalue weighted by Gasteiger charge is -2.30. The van der Waals surface area contributed by atoms with Gasteiger partial charge in [-0.3, -0.25) is 0 Å². The van der Waals surface area contributed by atoms with Gasteiger partial charge in [0.2, 0.25) is 5.13 Å². The Kier molecular flexibility index (Phi) is 3.51. The zero-order valence-corrected chi connectivity index (χ0v) is 12.8. The third-order valence-corrected chi connectivity index (χ3v) is 4.91. The Hall–Kier alpha value is -1.99. The van der Waals surface area contributed by atoms with Crippen molar-refractivity contribution in [1.82, 2.24) is 15.2 Å². The van der Waals surface area contributed by atoms with Crippen LogP contribution in [0.25, 0.3) is 11.1 Å². The van der Waals surface area contributed by atoms with Gasteiger partial charge >= 0.3 is 0 Å². The molecule has 6 nitrogen and oxygen atoms in total. The number of rotatable bonds is 3. The number of hydrogen-bond donors (Lipinski definition) is 1. The fourth-order valence-corrected chi connectivity index (χ4v) is 3.59. The predicted octanol–water partition coefficient (Wildman–Crippen LogP) is 2.56. The summed E-state index contributed by atoms with van der Waals surface area (Å²) in [5, 5.41) is 18.8. The minimum atomic E-state index is -0.0555. The van der Waals surface area contributed by atoms with Gasteiger partial charge in [-0.05, 0) is 25.0 Å². The lowest BCUT2D eigenvalue weighted by atomic mass is 9.98. The normalized spacial score (nSPS) is 19.0. The van der Waals surface area contributed by atoms with E-state index in [4.69, 9.17) is 9.52 Å². The fraction of sp³-hybridized carbons (Fsp3) is 0.400. The third kappa shape index (κ3) is 2.46. The number of fused-ring (bicyclic) bond motifs is 1. The van der Waals surface area contributed by atoms with Crippen LogP contribution in [0.3, 0.4) is 0 Å². The molecule has 1 aliphatic heterocycles. The molecular weight excluding hydrogens is 300 g/mol. The number of benzene rings is 1. The topological polar surface area (TPSA) is 75.3 Å². The first-order chi connectivity index (χ1) is 10.8. The van der Waals surface area contributed by atoms with Gasteiger partial charge in [-0.25, -0.2) is 4.98 Å². The van der Waals surface area contributed by atoms with Gasteiger partial charge in [0.25, 0.3) is 0 Å². The van der Waals surface area contributed by atoms with Crippen LogP contribution >= 0.6 is 11.3 Å². The first-order valence-electron chi connectivity index (χ1n) is 7.37. The largest absolute Gasteiger partial charge is 0.440 e. The molecule has 0 aliphatic carbocycles.